The van der Waals surface area contributed by atoms with E-state index in [0.29, 0.717) is 5.52 Å². The highest BCUT2D eigenvalue weighted by molar-refractivity contribution is 6.04. The summed E-state index contributed by atoms with van der Waals surface area (Å²) in [5, 5.41) is 11.6. The van der Waals surface area contributed by atoms with Crippen molar-refractivity contribution in [3.8, 4) is 5.75 Å². The van der Waals surface area contributed by atoms with Crippen molar-refractivity contribution in [3.63, 3.8) is 0 Å². The van der Waals surface area contributed by atoms with Gasteiger partial charge in [-0.05, 0) is 12.1 Å². The molecule has 0 aliphatic rings. The van der Waals surface area contributed by atoms with Gasteiger partial charge in [-0.1, -0.05) is 12.1 Å². The Hall–Kier alpha value is -2.03. The van der Waals surface area contributed by atoms with Crippen LogP contribution in [0.2, 0.25) is 0 Å². The van der Waals surface area contributed by atoms with Gasteiger partial charge in [0.15, 0.2) is 0 Å². The van der Waals surface area contributed by atoms with Crippen LogP contribution in [0.15, 0.2) is 36.7 Å². The molecule has 3 rings (SSSR count). The van der Waals surface area contributed by atoms with Gasteiger partial charge in [0.1, 0.15) is 11.3 Å². The zero-order chi connectivity index (χ0) is 9.54. The fourth-order valence-electron chi connectivity index (χ4n) is 1.73. The van der Waals surface area contributed by atoms with E-state index in [0.717, 1.165) is 16.3 Å². The number of fused-ring (bicyclic) bond motifs is 3. The number of aromatic hydroxyl groups is 1. The summed E-state index contributed by atoms with van der Waals surface area (Å²) >= 11 is 0. The maximum atomic E-state index is 9.59. The summed E-state index contributed by atoms with van der Waals surface area (Å²) in [6.45, 7) is 0. The number of hydrogen-bond donors (Lipinski definition) is 2. The Balaban J connectivity index is 2.64. The molecular formula is C11H8N2O. The molecule has 0 saturated carbocycles. The van der Waals surface area contributed by atoms with Crippen LogP contribution in [-0.2, 0) is 0 Å². The summed E-state index contributed by atoms with van der Waals surface area (Å²) < 4.78 is 0. The Bertz CT molecular complexity index is 613. The SMILES string of the molecule is Oc1cccc2c1ncc1cc[nH]c12. The molecule has 0 amide bonds. The first-order valence-corrected chi connectivity index (χ1v) is 4.40. The van der Waals surface area contributed by atoms with Crippen LogP contribution in [0, 0.1) is 0 Å². The minimum absolute atomic E-state index is 0.221. The molecule has 0 bridgehead atoms. The van der Waals surface area contributed by atoms with Gasteiger partial charge in [0.05, 0.1) is 5.52 Å². The van der Waals surface area contributed by atoms with E-state index in [-0.39, 0.29) is 5.75 Å². The predicted octanol–water partition coefficient (Wildman–Crippen LogP) is 2.42. The number of para-hydroxylation sites is 1. The third-order valence-corrected chi connectivity index (χ3v) is 2.40. The largest absolute Gasteiger partial charge is 0.506 e. The van der Waals surface area contributed by atoms with Gasteiger partial charge in [-0.3, -0.25) is 4.98 Å². The van der Waals surface area contributed by atoms with Crippen LogP contribution < -0.4 is 0 Å². The van der Waals surface area contributed by atoms with Gasteiger partial charge in [0.2, 0.25) is 0 Å². The molecule has 14 heavy (non-hydrogen) atoms. The number of phenols is 1. The highest BCUT2D eigenvalue weighted by Crippen LogP contribution is 2.27. The third kappa shape index (κ3) is 0.836. The Morgan fingerprint density at radius 3 is 3.07 bits per heavy atom. The lowest BCUT2D eigenvalue weighted by molar-refractivity contribution is 0.480. The zero-order valence-corrected chi connectivity index (χ0v) is 7.36. The van der Waals surface area contributed by atoms with Gasteiger partial charge in [-0.25, -0.2) is 0 Å². The lowest BCUT2D eigenvalue weighted by Gasteiger charge is -2.00. The van der Waals surface area contributed by atoms with Crippen molar-refractivity contribution in [2.75, 3.05) is 0 Å². The fraction of sp³-hybridized carbons (Fsp3) is 0. The Morgan fingerprint density at radius 2 is 2.14 bits per heavy atom. The van der Waals surface area contributed by atoms with Crippen LogP contribution in [0.4, 0.5) is 0 Å². The van der Waals surface area contributed by atoms with Crippen molar-refractivity contribution in [3.05, 3.63) is 36.7 Å². The second-order valence-corrected chi connectivity index (χ2v) is 3.24. The van der Waals surface area contributed by atoms with Gasteiger partial charge in [-0.15, -0.1) is 0 Å². The smallest absolute Gasteiger partial charge is 0.141 e. The summed E-state index contributed by atoms with van der Waals surface area (Å²) in [6.07, 6.45) is 3.63. The van der Waals surface area contributed by atoms with E-state index < -0.39 is 0 Å². The fourth-order valence-corrected chi connectivity index (χ4v) is 1.73. The quantitative estimate of drug-likeness (QED) is 0.563. The number of pyridine rings is 1. The number of aromatic amines is 1. The molecule has 1 aromatic carbocycles. The minimum atomic E-state index is 0.221. The molecule has 0 aliphatic heterocycles. The molecule has 2 aromatic heterocycles. The van der Waals surface area contributed by atoms with Crippen molar-refractivity contribution in [1.82, 2.24) is 9.97 Å². The number of H-pyrrole nitrogens is 1. The van der Waals surface area contributed by atoms with Crippen molar-refractivity contribution < 1.29 is 5.11 Å². The van der Waals surface area contributed by atoms with E-state index in [1.54, 1.807) is 12.3 Å². The molecule has 0 fully saturated rings. The minimum Gasteiger partial charge on any atom is -0.506 e. The Morgan fingerprint density at radius 1 is 1.21 bits per heavy atom. The summed E-state index contributed by atoms with van der Waals surface area (Å²) in [6, 6.07) is 7.37. The molecule has 2 N–H and O–H groups in total. The summed E-state index contributed by atoms with van der Waals surface area (Å²) in [5.41, 5.74) is 1.66. The standard InChI is InChI=1S/C11H8N2O/c14-9-3-1-2-8-10-7(4-5-12-10)6-13-11(8)9/h1-6,12,14H. The first-order valence-electron chi connectivity index (χ1n) is 4.40. The topological polar surface area (TPSA) is 48.9 Å². The van der Waals surface area contributed by atoms with E-state index in [9.17, 15) is 5.11 Å². The van der Waals surface area contributed by atoms with Crippen LogP contribution in [-0.4, -0.2) is 15.1 Å². The van der Waals surface area contributed by atoms with Crippen LogP contribution in [0.1, 0.15) is 0 Å². The molecule has 0 radical (unpaired) electrons. The number of hydrogen-bond acceptors (Lipinski definition) is 2. The van der Waals surface area contributed by atoms with Gasteiger partial charge < -0.3 is 10.1 Å². The van der Waals surface area contributed by atoms with Crippen molar-refractivity contribution >= 4 is 21.8 Å². The van der Waals surface area contributed by atoms with Crippen LogP contribution >= 0.6 is 0 Å². The molecule has 68 valence electrons. The van der Waals surface area contributed by atoms with Crippen LogP contribution in [0.3, 0.4) is 0 Å². The number of nitrogens with zero attached hydrogens (tertiary/aromatic N) is 1. The molecule has 0 spiro atoms. The molecule has 3 aromatic rings. The Kier molecular flexibility index (Phi) is 1.31. The Labute approximate surface area is 80.0 Å². The first-order chi connectivity index (χ1) is 6.86. The highest BCUT2D eigenvalue weighted by atomic mass is 16.3. The maximum Gasteiger partial charge on any atom is 0.141 e. The van der Waals surface area contributed by atoms with Gasteiger partial charge >= 0.3 is 0 Å². The number of rotatable bonds is 0. The second kappa shape index (κ2) is 2.48. The van der Waals surface area contributed by atoms with E-state index in [2.05, 4.69) is 9.97 Å². The van der Waals surface area contributed by atoms with Crippen LogP contribution in [0.25, 0.3) is 21.8 Å². The van der Waals surface area contributed by atoms with E-state index in [4.69, 9.17) is 0 Å². The second-order valence-electron chi connectivity index (χ2n) is 3.24. The van der Waals surface area contributed by atoms with Crippen LogP contribution in [0.5, 0.6) is 5.75 Å². The number of benzene rings is 1. The monoisotopic (exact) mass is 184 g/mol. The molecule has 0 unspecified atom stereocenters. The molecule has 2 heterocycles. The van der Waals surface area contributed by atoms with E-state index in [1.807, 2.05) is 24.4 Å². The first kappa shape index (κ1) is 7.38. The van der Waals surface area contributed by atoms with Gasteiger partial charge in [-0.2, -0.15) is 0 Å². The van der Waals surface area contributed by atoms with Gasteiger partial charge in [0, 0.05) is 23.2 Å². The lowest BCUT2D eigenvalue weighted by Crippen LogP contribution is -1.80. The summed E-state index contributed by atoms with van der Waals surface area (Å²) in [5.74, 6) is 0.221. The average molecular weight is 184 g/mol. The molecule has 0 saturated heterocycles. The van der Waals surface area contributed by atoms with E-state index >= 15 is 0 Å². The third-order valence-electron chi connectivity index (χ3n) is 2.40. The molecular weight excluding hydrogens is 176 g/mol. The number of nitrogens with one attached hydrogen (secondary N) is 1. The molecule has 3 heteroatoms. The molecule has 3 nitrogen and oxygen atoms in total. The average Bonchev–Trinajstić information content (AvgIpc) is 2.66. The van der Waals surface area contributed by atoms with Gasteiger partial charge in [0.25, 0.3) is 0 Å². The number of aromatic nitrogens is 2. The van der Waals surface area contributed by atoms with Crippen molar-refractivity contribution in [2.24, 2.45) is 0 Å². The normalized spacial score (nSPS) is 11.1. The molecule has 0 aliphatic carbocycles. The highest BCUT2D eigenvalue weighted by Gasteiger charge is 2.04. The lowest BCUT2D eigenvalue weighted by atomic mass is 10.1. The molecule has 0 atom stereocenters. The van der Waals surface area contributed by atoms with E-state index in [1.165, 1.54) is 0 Å². The van der Waals surface area contributed by atoms with Crippen molar-refractivity contribution in [1.29, 1.82) is 0 Å². The summed E-state index contributed by atoms with van der Waals surface area (Å²) in [7, 11) is 0. The number of phenolic OH excluding ortho intramolecular Hbond substituents is 1. The predicted molar refractivity (Wildman–Crippen MR) is 55.3 cm³/mol. The van der Waals surface area contributed by atoms with Crippen molar-refractivity contribution in [2.45, 2.75) is 0 Å². The zero-order valence-electron chi connectivity index (χ0n) is 7.36. The summed E-state index contributed by atoms with van der Waals surface area (Å²) in [4.78, 5) is 7.35. The maximum absolute atomic E-state index is 9.59.